The third kappa shape index (κ3) is 4.68. The van der Waals surface area contributed by atoms with Crippen LogP contribution in [0.25, 0.3) is 0 Å². The van der Waals surface area contributed by atoms with Crippen LogP contribution in [-0.2, 0) is 0 Å². The molecule has 31 heavy (non-hydrogen) atoms. The van der Waals surface area contributed by atoms with Crippen LogP contribution in [0.5, 0.6) is 0 Å². The molecule has 0 atom stereocenters. The number of para-hydroxylation sites is 2. The van der Waals surface area contributed by atoms with Crippen LogP contribution in [0.4, 0.5) is 11.4 Å². The number of carbonyl (C=O) groups excluding carboxylic acids is 2. The molecule has 7 heteroatoms. The highest BCUT2D eigenvalue weighted by Gasteiger charge is 2.25. The van der Waals surface area contributed by atoms with Crippen molar-refractivity contribution in [2.45, 2.75) is 0 Å². The van der Waals surface area contributed by atoms with Crippen LogP contribution in [0.2, 0.25) is 10.0 Å². The van der Waals surface area contributed by atoms with Gasteiger partial charge in [-0.3, -0.25) is 9.59 Å². The first-order valence-corrected chi connectivity index (χ1v) is 10.7. The van der Waals surface area contributed by atoms with E-state index in [-0.39, 0.29) is 21.5 Å². The van der Waals surface area contributed by atoms with Gasteiger partial charge in [-0.15, -0.1) is 0 Å². The number of piperazine rings is 1. The molecule has 3 aromatic rings. The topological polar surface area (TPSA) is 52.7 Å². The Balaban J connectivity index is 1.48. The maximum absolute atomic E-state index is 13.2. The smallest absolute Gasteiger partial charge is 0.258 e. The highest BCUT2D eigenvalue weighted by molar-refractivity contribution is 6.40. The summed E-state index contributed by atoms with van der Waals surface area (Å²) < 4.78 is 0. The lowest BCUT2D eigenvalue weighted by atomic mass is 10.1. The number of halogens is 2. The minimum atomic E-state index is -0.454. The van der Waals surface area contributed by atoms with E-state index in [1.165, 1.54) is 0 Å². The van der Waals surface area contributed by atoms with Gasteiger partial charge in [0, 0.05) is 31.9 Å². The summed E-state index contributed by atoms with van der Waals surface area (Å²) in [5, 5.41) is 3.31. The Morgan fingerprint density at radius 2 is 1.35 bits per heavy atom. The minimum Gasteiger partial charge on any atom is -0.368 e. The average Bonchev–Trinajstić information content (AvgIpc) is 2.79. The van der Waals surface area contributed by atoms with Gasteiger partial charge in [-0.2, -0.15) is 0 Å². The number of rotatable bonds is 4. The highest BCUT2D eigenvalue weighted by atomic mass is 35.5. The Morgan fingerprint density at radius 1 is 0.742 bits per heavy atom. The summed E-state index contributed by atoms with van der Waals surface area (Å²) in [5.41, 5.74) is 2.20. The van der Waals surface area contributed by atoms with Gasteiger partial charge in [0.05, 0.1) is 26.9 Å². The molecule has 0 aromatic heterocycles. The van der Waals surface area contributed by atoms with Crippen LogP contribution in [0.3, 0.4) is 0 Å². The third-order valence-corrected chi connectivity index (χ3v) is 5.91. The van der Waals surface area contributed by atoms with Gasteiger partial charge in [0.15, 0.2) is 0 Å². The van der Waals surface area contributed by atoms with E-state index < -0.39 is 5.91 Å². The summed E-state index contributed by atoms with van der Waals surface area (Å²) in [5.74, 6) is -0.571. The molecule has 3 aromatic carbocycles. The lowest BCUT2D eigenvalue weighted by molar-refractivity contribution is 0.0748. The summed E-state index contributed by atoms with van der Waals surface area (Å²) in [6.45, 7) is 2.71. The van der Waals surface area contributed by atoms with E-state index >= 15 is 0 Å². The lowest BCUT2D eigenvalue weighted by Crippen LogP contribution is -2.48. The van der Waals surface area contributed by atoms with Crippen molar-refractivity contribution in [1.82, 2.24) is 4.90 Å². The normalized spacial score (nSPS) is 13.7. The van der Waals surface area contributed by atoms with Crippen LogP contribution in [0.1, 0.15) is 20.7 Å². The van der Waals surface area contributed by atoms with Crippen LogP contribution >= 0.6 is 23.2 Å². The van der Waals surface area contributed by atoms with Gasteiger partial charge in [-0.1, -0.05) is 59.6 Å². The van der Waals surface area contributed by atoms with E-state index in [4.69, 9.17) is 23.2 Å². The lowest BCUT2D eigenvalue weighted by Gasteiger charge is -2.36. The first-order chi connectivity index (χ1) is 15.0. The number of nitrogens with one attached hydrogen (secondary N) is 1. The molecule has 5 nitrogen and oxygen atoms in total. The molecule has 158 valence electrons. The van der Waals surface area contributed by atoms with Gasteiger partial charge in [0.25, 0.3) is 11.8 Å². The van der Waals surface area contributed by atoms with E-state index in [9.17, 15) is 9.59 Å². The van der Waals surface area contributed by atoms with Crippen molar-refractivity contribution >= 4 is 46.4 Å². The number of anilines is 2. The van der Waals surface area contributed by atoms with E-state index in [0.29, 0.717) is 24.3 Å². The van der Waals surface area contributed by atoms with Crippen LogP contribution in [0.15, 0.2) is 72.8 Å². The molecule has 4 rings (SSSR count). The number of nitrogens with zero attached hydrogens (tertiary/aromatic N) is 2. The minimum absolute atomic E-state index is 0.117. The molecule has 0 radical (unpaired) electrons. The zero-order valence-electron chi connectivity index (χ0n) is 16.7. The quantitative estimate of drug-likeness (QED) is 0.589. The number of hydrogen-bond donors (Lipinski definition) is 1. The average molecular weight is 454 g/mol. The summed E-state index contributed by atoms with van der Waals surface area (Å²) in [4.78, 5) is 30.1. The molecule has 1 fully saturated rings. The highest BCUT2D eigenvalue weighted by Crippen LogP contribution is 2.27. The Hall–Kier alpha value is -3.02. The first kappa shape index (κ1) is 21.2. The van der Waals surface area contributed by atoms with Gasteiger partial charge in [0.2, 0.25) is 0 Å². The molecule has 0 saturated carbocycles. The van der Waals surface area contributed by atoms with Crippen molar-refractivity contribution in [2.24, 2.45) is 0 Å². The summed E-state index contributed by atoms with van der Waals surface area (Å²) in [6, 6.07) is 22.0. The van der Waals surface area contributed by atoms with Crippen molar-refractivity contribution in [3.05, 3.63) is 94.0 Å². The molecule has 1 saturated heterocycles. The van der Waals surface area contributed by atoms with Crippen LogP contribution < -0.4 is 10.2 Å². The fourth-order valence-electron chi connectivity index (χ4n) is 3.66. The summed E-state index contributed by atoms with van der Waals surface area (Å²) in [6.07, 6.45) is 0. The van der Waals surface area contributed by atoms with Crippen molar-refractivity contribution in [3.8, 4) is 0 Å². The van der Waals surface area contributed by atoms with Gasteiger partial charge in [0.1, 0.15) is 0 Å². The monoisotopic (exact) mass is 453 g/mol. The van der Waals surface area contributed by atoms with Gasteiger partial charge >= 0.3 is 0 Å². The Labute approximate surface area is 191 Å². The molecule has 1 aliphatic heterocycles. The maximum atomic E-state index is 13.2. The molecule has 1 heterocycles. The fourth-order valence-corrected chi connectivity index (χ4v) is 4.22. The zero-order valence-corrected chi connectivity index (χ0v) is 18.2. The number of hydrogen-bond acceptors (Lipinski definition) is 3. The second-order valence-corrected chi connectivity index (χ2v) is 8.03. The SMILES string of the molecule is O=C(Nc1ccccc1C(=O)N1CCN(c2ccccc2)CC1)c1c(Cl)cccc1Cl. The number of amides is 2. The van der Waals surface area contributed by atoms with Crippen molar-refractivity contribution in [1.29, 1.82) is 0 Å². The largest absolute Gasteiger partial charge is 0.368 e. The fraction of sp³-hybridized carbons (Fsp3) is 0.167. The molecule has 1 aliphatic rings. The molecular weight excluding hydrogens is 433 g/mol. The van der Waals surface area contributed by atoms with E-state index in [2.05, 4.69) is 22.3 Å². The van der Waals surface area contributed by atoms with Gasteiger partial charge < -0.3 is 15.1 Å². The van der Waals surface area contributed by atoms with Crippen LogP contribution in [-0.4, -0.2) is 42.9 Å². The Morgan fingerprint density at radius 3 is 2.03 bits per heavy atom. The van der Waals surface area contributed by atoms with Crippen LogP contribution in [0, 0.1) is 0 Å². The van der Waals surface area contributed by atoms with Crippen molar-refractivity contribution in [3.63, 3.8) is 0 Å². The van der Waals surface area contributed by atoms with E-state index in [1.807, 2.05) is 23.1 Å². The van der Waals surface area contributed by atoms with E-state index in [0.717, 1.165) is 18.8 Å². The second kappa shape index (κ2) is 9.41. The zero-order chi connectivity index (χ0) is 21.8. The molecule has 0 spiro atoms. The second-order valence-electron chi connectivity index (χ2n) is 7.21. The molecule has 1 N–H and O–H groups in total. The predicted molar refractivity (Wildman–Crippen MR) is 125 cm³/mol. The summed E-state index contributed by atoms with van der Waals surface area (Å²) >= 11 is 12.3. The van der Waals surface area contributed by atoms with Crippen molar-refractivity contribution < 1.29 is 9.59 Å². The molecule has 0 bridgehead atoms. The Bertz CT molecular complexity index is 1080. The summed E-state index contributed by atoms with van der Waals surface area (Å²) in [7, 11) is 0. The molecule has 0 aliphatic carbocycles. The van der Waals surface area contributed by atoms with E-state index in [1.54, 1.807) is 42.5 Å². The Kier molecular flexibility index (Phi) is 6.44. The third-order valence-electron chi connectivity index (χ3n) is 5.28. The van der Waals surface area contributed by atoms with Gasteiger partial charge in [-0.25, -0.2) is 0 Å². The molecule has 2 amide bonds. The standard InChI is InChI=1S/C24H21Cl2N3O2/c25-19-10-6-11-20(26)22(19)23(30)27-21-12-5-4-9-18(21)24(31)29-15-13-28(14-16-29)17-7-2-1-3-8-17/h1-12H,13-16H2,(H,27,30). The molecular formula is C24H21Cl2N3O2. The van der Waals surface area contributed by atoms with Crippen molar-refractivity contribution in [2.75, 3.05) is 36.4 Å². The first-order valence-electron chi connectivity index (χ1n) is 9.98. The van der Waals surface area contributed by atoms with Gasteiger partial charge in [-0.05, 0) is 36.4 Å². The maximum Gasteiger partial charge on any atom is 0.258 e. The molecule has 0 unspecified atom stereocenters. The predicted octanol–water partition coefficient (Wildman–Crippen LogP) is 5.21. The number of carbonyl (C=O) groups is 2. The number of benzene rings is 3.